The molecule has 0 aliphatic carbocycles. The summed E-state index contributed by atoms with van der Waals surface area (Å²) in [6, 6.07) is 0.489. The molecule has 0 saturated carbocycles. The topological polar surface area (TPSA) is 12.0 Å². The van der Waals surface area contributed by atoms with Gasteiger partial charge in [-0.1, -0.05) is 6.08 Å². The van der Waals surface area contributed by atoms with E-state index < -0.39 is 0 Å². The first kappa shape index (κ1) is 5.19. The minimum atomic E-state index is 0.489. The molecular formula is C5H9NS. The van der Waals surface area contributed by atoms with Crippen LogP contribution in [0.5, 0.6) is 0 Å². The van der Waals surface area contributed by atoms with Gasteiger partial charge < -0.3 is 5.32 Å². The van der Waals surface area contributed by atoms with E-state index in [1.54, 1.807) is 0 Å². The van der Waals surface area contributed by atoms with Crippen LogP contribution in [0.4, 0.5) is 0 Å². The summed E-state index contributed by atoms with van der Waals surface area (Å²) in [5.74, 6) is 0. The zero-order chi connectivity index (χ0) is 5.28. The number of hydrogen-bond acceptors (Lipinski definition) is 2. The van der Waals surface area contributed by atoms with E-state index in [2.05, 4.69) is 30.9 Å². The van der Waals surface area contributed by atoms with Crippen molar-refractivity contribution in [2.45, 2.75) is 13.0 Å². The molecule has 0 radical (unpaired) electrons. The normalized spacial score (nSPS) is 30.6. The van der Waals surface area contributed by atoms with Gasteiger partial charge in [0.05, 0.1) is 0 Å². The van der Waals surface area contributed by atoms with Gasteiger partial charge in [-0.25, -0.2) is 0 Å². The molecule has 1 atom stereocenters. The molecule has 0 saturated heterocycles. The van der Waals surface area contributed by atoms with E-state index in [4.69, 9.17) is 0 Å². The third kappa shape index (κ3) is 0.983. The highest BCUT2D eigenvalue weighted by Gasteiger charge is 2.07. The van der Waals surface area contributed by atoms with Crippen LogP contribution < -0.4 is 5.32 Å². The van der Waals surface area contributed by atoms with E-state index in [0.717, 1.165) is 6.54 Å². The zero-order valence-corrected chi connectivity index (χ0v) is 5.20. The molecule has 0 spiro atoms. The Balaban J connectivity index is 2.54. The smallest absolute Gasteiger partial charge is 0.0348 e. The van der Waals surface area contributed by atoms with Crippen molar-refractivity contribution in [3.8, 4) is 0 Å². The highest BCUT2D eigenvalue weighted by molar-refractivity contribution is 7.84. The van der Waals surface area contributed by atoms with Gasteiger partial charge in [-0.3, -0.25) is 0 Å². The van der Waals surface area contributed by atoms with Gasteiger partial charge in [0, 0.05) is 12.6 Å². The largest absolute Gasteiger partial charge is 0.306 e. The van der Waals surface area contributed by atoms with E-state index in [1.165, 1.54) is 4.91 Å². The van der Waals surface area contributed by atoms with Crippen LogP contribution in [0.3, 0.4) is 0 Å². The summed E-state index contributed by atoms with van der Waals surface area (Å²) in [6.07, 6.45) is 2.09. The van der Waals surface area contributed by atoms with Gasteiger partial charge in [0.15, 0.2) is 0 Å². The third-order valence-corrected chi connectivity index (χ3v) is 1.75. The zero-order valence-electron chi connectivity index (χ0n) is 4.31. The molecule has 0 aromatic heterocycles. The van der Waals surface area contributed by atoms with Crippen molar-refractivity contribution in [3.05, 3.63) is 11.0 Å². The highest BCUT2D eigenvalue weighted by atomic mass is 32.1. The second kappa shape index (κ2) is 1.88. The molecule has 1 aliphatic heterocycles. The third-order valence-electron chi connectivity index (χ3n) is 1.18. The Morgan fingerprint density at radius 3 is 2.86 bits per heavy atom. The van der Waals surface area contributed by atoms with Crippen LogP contribution in [0.15, 0.2) is 11.0 Å². The van der Waals surface area contributed by atoms with Gasteiger partial charge in [-0.05, 0) is 11.8 Å². The van der Waals surface area contributed by atoms with Gasteiger partial charge in [0.1, 0.15) is 0 Å². The van der Waals surface area contributed by atoms with E-state index in [0.29, 0.717) is 6.04 Å². The monoisotopic (exact) mass is 115 g/mol. The van der Waals surface area contributed by atoms with Crippen LogP contribution in [-0.2, 0) is 0 Å². The summed E-state index contributed by atoms with van der Waals surface area (Å²) in [6.45, 7) is 3.09. The Kier molecular flexibility index (Phi) is 1.40. The van der Waals surface area contributed by atoms with Gasteiger partial charge in [-0.2, -0.15) is 0 Å². The summed E-state index contributed by atoms with van der Waals surface area (Å²) in [4.78, 5) is 1.17. The van der Waals surface area contributed by atoms with Crippen molar-refractivity contribution >= 4 is 12.6 Å². The van der Waals surface area contributed by atoms with Crippen molar-refractivity contribution in [3.63, 3.8) is 0 Å². The maximum Gasteiger partial charge on any atom is 0.0348 e. The van der Waals surface area contributed by atoms with Crippen molar-refractivity contribution in [1.82, 2.24) is 5.32 Å². The fourth-order valence-electron chi connectivity index (χ4n) is 0.622. The molecule has 1 aliphatic rings. The predicted molar refractivity (Wildman–Crippen MR) is 34.5 cm³/mol. The van der Waals surface area contributed by atoms with Gasteiger partial charge in [-0.15, -0.1) is 12.6 Å². The Bertz CT molecular complexity index is 98.3. The Morgan fingerprint density at radius 1 is 2.00 bits per heavy atom. The molecule has 0 fully saturated rings. The van der Waals surface area contributed by atoms with Crippen LogP contribution in [0.1, 0.15) is 6.92 Å². The molecule has 1 unspecified atom stereocenters. The Morgan fingerprint density at radius 2 is 2.71 bits per heavy atom. The fourth-order valence-corrected chi connectivity index (χ4v) is 0.804. The van der Waals surface area contributed by atoms with Gasteiger partial charge in [0.25, 0.3) is 0 Å². The van der Waals surface area contributed by atoms with E-state index in [9.17, 15) is 0 Å². The Hall–Kier alpha value is 0.0500. The number of nitrogens with one attached hydrogen (secondary N) is 1. The molecule has 0 aromatic rings. The number of thiol groups is 1. The molecule has 0 amide bonds. The van der Waals surface area contributed by atoms with Crippen molar-refractivity contribution in [2.24, 2.45) is 0 Å². The number of hydrogen-bond donors (Lipinski definition) is 2. The molecule has 1 rings (SSSR count). The minimum absolute atomic E-state index is 0.489. The van der Waals surface area contributed by atoms with Gasteiger partial charge in [0.2, 0.25) is 0 Å². The van der Waals surface area contributed by atoms with Crippen molar-refractivity contribution in [1.29, 1.82) is 0 Å². The predicted octanol–water partition coefficient (Wildman–Crippen LogP) is 0.792. The van der Waals surface area contributed by atoms with E-state index >= 15 is 0 Å². The van der Waals surface area contributed by atoms with Crippen LogP contribution in [0.2, 0.25) is 0 Å². The molecule has 7 heavy (non-hydrogen) atoms. The molecule has 0 bridgehead atoms. The first-order valence-electron chi connectivity index (χ1n) is 2.43. The minimum Gasteiger partial charge on any atom is -0.306 e. The van der Waals surface area contributed by atoms with Crippen molar-refractivity contribution in [2.75, 3.05) is 6.54 Å². The molecule has 1 heterocycles. The maximum atomic E-state index is 4.19. The maximum absolute atomic E-state index is 4.19. The summed E-state index contributed by atoms with van der Waals surface area (Å²) < 4.78 is 0. The molecule has 40 valence electrons. The Labute approximate surface area is 49.2 Å². The quantitative estimate of drug-likeness (QED) is 0.445. The molecule has 2 heteroatoms. The average molecular weight is 115 g/mol. The fraction of sp³-hybridized carbons (Fsp3) is 0.600. The summed E-state index contributed by atoms with van der Waals surface area (Å²) in [7, 11) is 0. The molecule has 1 nitrogen and oxygen atoms in total. The van der Waals surface area contributed by atoms with E-state index in [-0.39, 0.29) is 0 Å². The lowest BCUT2D eigenvalue weighted by Gasteiger charge is -2.00. The molecule has 0 aromatic carbocycles. The second-order valence-corrected chi connectivity index (χ2v) is 2.28. The van der Waals surface area contributed by atoms with Gasteiger partial charge >= 0.3 is 0 Å². The average Bonchev–Trinajstić information content (AvgIpc) is 1.91. The van der Waals surface area contributed by atoms with Crippen LogP contribution >= 0.6 is 12.6 Å². The van der Waals surface area contributed by atoms with E-state index in [1.807, 2.05) is 0 Å². The summed E-state index contributed by atoms with van der Waals surface area (Å²) in [5.41, 5.74) is 0. The lowest BCUT2D eigenvalue weighted by atomic mass is 10.4. The molecular weight excluding hydrogens is 106 g/mol. The lowest BCUT2D eigenvalue weighted by Crippen LogP contribution is -2.19. The van der Waals surface area contributed by atoms with Crippen LogP contribution in [0.25, 0.3) is 0 Å². The van der Waals surface area contributed by atoms with Crippen molar-refractivity contribution < 1.29 is 0 Å². The standard InChI is InChI=1S/C5H9NS/c1-4-5(7)2-3-6-4/h2,4,6-7H,3H2,1H3. The highest BCUT2D eigenvalue weighted by Crippen LogP contribution is 2.09. The SMILES string of the molecule is CC1NCC=C1S. The first-order valence-corrected chi connectivity index (χ1v) is 2.88. The second-order valence-electron chi connectivity index (χ2n) is 1.76. The van der Waals surface area contributed by atoms with Crippen LogP contribution in [0, 0.1) is 0 Å². The summed E-state index contributed by atoms with van der Waals surface area (Å²) >= 11 is 4.19. The first-order chi connectivity index (χ1) is 3.30. The number of rotatable bonds is 0. The molecule has 1 N–H and O–H groups in total. The summed E-state index contributed by atoms with van der Waals surface area (Å²) in [5, 5.41) is 3.20. The van der Waals surface area contributed by atoms with Crippen LogP contribution in [-0.4, -0.2) is 12.6 Å². The lowest BCUT2D eigenvalue weighted by molar-refractivity contribution is 0.721.